The van der Waals surface area contributed by atoms with Crippen LogP contribution in [-0.2, 0) is 0 Å². The first-order chi connectivity index (χ1) is 9.46. The molecule has 1 saturated carbocycles. The lowest BCUT2D eigenvalue weighted by Gasteiger charge is -2.41. The van der Waals surface area contributed by atoms with Gasteiger partial charge in [0.2, 0.25) is 0 Å². The summed E-state index contributed by atoms with van der Waals surface area (Å²) < 4.78 is 0. The van der Waals surface area contributed by atoms with Crippen LogP contribution < -0.4 is 5.32 Å². The fraction of sp³-hybridized carbons (Fsp3) is 0.667. The van der Waals surface area contributed by atoms with Gasteiger partial charge in [-0.3, -0.25) is 0 Å². The van der Waals surface area contributed by atoms with Gasteiger partial charge in [0.25, 0.3) is 0 Å². The van der Waals surface area contributed by atoms with Crippen molar-refractivity contribution in [2.75, 3.05) is 20.6 Å². The largest absolute Gasteiger partial charge is 0.309 e. The molecule has 1 aliphatic rings. The lowest BCUT2D eigenvalue weighted by molar-refractivity contribution is 0.139. The summed E-state index contributed by atoms with van der Waals surface area (Å²) >= 11 is 0. The van der Waals surface area contributed by atoms with E-state index in [0.717, 1.165) is 12.5 Å². The van der Waals surface area contributed by atoms with E-state index in [2.05, 4.69) is 69.3 Å². The number of hydrogen-bond donors (Lipinski definition) is 1. The van der Waals surface area contributed by atoms with Crippen molar-refractivity contribution >= 4 is 0 Å². The van der Waals surface area contributed by atoms with Crippen LogP contribution in [0.2, 0.25) is 0 Å². The molecule has 1 unspecified atom stereocenters. The maximum absolute atomic E-state index is 3.66. The van der Waals surface area contributed by atoms with Crippen LogP contribution in [0.5, 0.6) is 0 Å². The van der Waals surface area contributed by atoms with Gasteiger partial charge in [0.05, 0.1) is 6.04 Å². The van der Waals surface area contributed by atoms with Crippen LogP contribution >= 0.6 is 0 Å². The zero-order valence-corrected chi connectivity index (χ0v) is 13.7. The number of nitrogens with zero attached hydrogens (tertiary/aromatic N) is 1. The topological polar surface area (TPSA) is 15.3 Å². The second kappa shape index (κ2) is 6.28. The predicted molar refractivity (Wildman–Crippen MR) is 87.2 cm³/mol. The van der Waals surface area contributed by atoms with Crippen LogP contribution in [0.4, 0.5) is 0 Å². The smallest absolute Gasteiger partial charge is 0.0501 e. The summed E-state index contributed by atoms with van der Waals surface area (Å²) in [6.07, 6.45) is 4.15. The van der Waals surface area contributed by atoms with Crippen molar-refractivity contribution in [1.29, 1.82) is 0 Å². The predicted octanol–water partition coefficient (Wildman–Crippen LogP) is 3.94. The Morgan fingerprint density at radius 3 is 2.20 bits per heavy atom. The van der Waals surface area contributed by atoms with E-state index in [1.165, 1.54) is 30.4 Å². The average molecular weight is 274 g/mol. The summed E-state index contributed by atoms with van der Waals surface area (Å²) in [6, 6.07) is 9.70. The molecule has 1 N–H and O–H groups in total. The van der Waals surface area contributed by atoms with E-state index < -0.39 is 0 Å². The number of hydrogen-bond acceptors (Lipinski definition) is 2. The van der Waals surface area contributed by atoms with Gasteiger partial charge in [0.1, 0.15) is 0 Å². The molecule has 2 nitrogen and oxygen atoms in total. The van der Waals surface area contributed by atoms with E-state index in [9.17, 15) is 0 Å². The molecule has 1 aromatic carbocycles. The van der Waals surface area contributed by atoms with Crippen LogP contribution in [0.3, 0.4) is 0 Å². The Labute approximate surface area is 124 Å². The molecule has 112 valence electrons. The molecule has 1 atom stereocenters. The second-order valence-corrected chi connectivity index (χ2v) is 6.83. The lowest BCUT2D eigenvalue weighted by atomic mass is 9.79. The number of benzene rings is 1. The van der Waals surface area contributed by atoms with Gasteiger partial charge >= 0.3 is 0 Å². The summed E-state index contributed by atoms with van der Waals surface area (Å²) in [5, 5.41) is 3.66. The van der Waals surface area contributed by atoms with E-state index in [4.69, 9.17) is 0 Å². The Kier molecular flexibility index (Phi) is 4.87. The van der Waals surface area contributed by atoms with Crippen molar-refractivity contribution in [3.05, 3.63) is 35.4 Å². The van der Waals surface area contributed by atoms with Gasteiger partial charge < -0.3 is 10.2 Å². The monoisotopic (exact) mass is 274 g/mol. The molecule has 0 spiro atoms. The molecule has 0 aromatic heterocycles. The van der Waals surface area contributed by atoms with E-state index in [0.29, 0.717) is 6.04 Å². The molecule has 0 bridgehead atoms. The third kappa shape index (κ3) is 3.07. The highest BCUT2D eigenvalue weighted by Crippen LogP contribution is 2.37. The summed E-state index contributed by atoms with van der Waals surface area (Å²) in [6.45, 7) is 7.79. The highest BCUT2D eigenvalue weighted by Gasteiger charge is 2.32. The van der Waals surface area contributed by atoms with Gasteiger partial charge in [-0.15, -0.1) is 0 Å². The van der Waals surface area contributed by atoms with Crippen molar-refractivity contribution in [2.24, 2.45) is 0 Å². The quantitative estimate of drug-likeness (QED) is 0.845. The van der Waals surface area contributed by atoms with Crippen LogP contribution in [0.1, 0.15) is 63.1 Å². The zero-order valence-electron chi connectivity index (χ0n) is 13.7. The SMILES string of the molecule is CCNC(c1ccc(C2CCC2)cc1)C(C)(C)N(C)C. The fourth-order valence-corrected chi connectivity index (χ4v) is 2.94. The Bertz CT molecular complexity index is 416. The van der Waals surface area contributed by atoms with E-state index >= 15 is 0 Å². The number of likely N-dealkylation sites (N-methyl/N-ethyl adjacent to an activating group) is 2. The molecule has 2 rings (SSSR count). The van der Waals surface area contributed by atoms with Crippen LogP contribution in [-0.4, -0.2) is 31.1 Å². The maximum atomic E-state index is 3.66. The molecule has 1 fully saturated rings. The molecule has 0 saturated heterocycles. The fourth-order valence-electron chi connectivity index (χ4n) is 2.94. The van der Waals surface area contributed by atoms with Crippen LogP contribution in [0, 0.1) is 0 Å². The Balaban J connectivity index is 2.20. The molecule has 1 aromatic rings. The van der Waals surface area contributed by atoms with Crippen molar-refractivity contribution in [3.8, 4) is 0 Å². The van der Waals surface area contributed by atoms with E-state index in [1.807, 2.05) is 0 Å². The zero-order chi connectivity index (χ0) is 14.8. The van der Waals surface area contributed by atoms with Crippen molar-refractivity contribution in [2.45, 2.75) is 57.5 Å². The first-order valence-corrected chi connectivity index (χ1v) is 7.97. The second-order valence-electron chi connectivity index (χ2n) is 6.83. The first-order valence-electron chi connectivity index (χ1n) is 7.97. The highest BCUT2D eigenvalue weighted by molar-refractivity contribution is 5.30. The van der Waals surface area contributed by atoms with E-state index in [-0.39, 0.29) is 5.54 Å². The molecule has 0 amide bonds. The molecule has 1 aliphatic carbocycles. The molecular formula is C18H30N2. The van der Waals surface area contributed by atoms with Crippen LogP contribution in [0.25, 0.3) is 0 Å². The molecule has 0 aliphatic heterocycles. The Hall–Kier alpha value is -0.860. The summed E-state index contributed by atoms with van der Waals surface area (Å²) in [5.74, 6) is 0.823. The van der Waals surface area contributed by atoms with Crippen molar-refractivity contribution in [3.63, 3.8) is 0 Å². The summed E-state index contributed by atoms with van der Waals surface area (Å²) in [5.41, 5.74) is 3.01. The minimum absolute atomic E-state index is 0.0913. The third-order valence-corrected chi connectivity index (χ3v) is 5.11. The molecule has 2 heteroatoms. The number of nitrogens with one attached hydrogen (secondary N) is 1. The van der Waals surface area contributed by atoms with Crippen LogP contribution in [0.15, 0.2) is 24.3 Å². The lowest BCUT2D eigenvalue weighted by Crippen LogP contribution is -2.49. The molecular weight excluding hydrogens is 244 g/mol. The van der Waals surface area contributed by atoms with Gasteiger partial charge in [0, 0.05) is 5.54 Å². The van der Waals surface area contributed by atoms with Gasteiger partial charge in [-0.05, 0) is 64.4 Å². The van der Waals surface area contributed by atoms with Gasteiger partial charge in [-0.25, -0.2) is 0 Å². The molecule has 20 heavy (non-hydrogen) atoms. The van der Waals surface area contributed by atoms with Gasteiger partial charge in [-0.2, -0.15) is 0 Å². The minimum atomic E-state index is 0.0913. The number of rotatable bonds is 6. The first kappa shape index (κ1) is 15.5. The highest BCUT2D eigenvalue weighted by atomic mass is 15.2. The summed E-state index contributed by atoms with van der Waals surface area (Å²) in [4.78, 5) is 2.31. The third-order valence-electron chi connectivity index (χ3n) is 5.11. The Morgan fingerprint density at radius 1 is 1.20 bits per heavy atom. The van der Waals surface area contributed by atoms with Crippen molar-refractivity contribution < 1.29 is 0 Å². The van der Waals surface area contributed by atoms with Gasteiger partial charge in [0.15, 0.2) is 0 Å². The Morgan fingerprint density at radius 2 is 1.80 bits per heavy atom. The average Bonchev–Trinajstić information content (AvgIpc) is 2.34. The van der Waals surface area contributed by atoms with E-state index in [1.54, 1.807) is 0 Å². The maximum Gasteiger partial charge on any atom is 0.0501 e. The molecule has 0 radical (unpaired) electrons. The summed E-state index contributed by atoms with van der Waals surface area (Å²) in [7, 11) is 4.32. The standard InChI is InChI=1S/C18H30N2/c1-6-19-17(18(2,3)20(4)5)16-12-10-15(11-13-16)14-8-7-9-14/h10-14,17,19H,6-9H2,1-5H3. The van der Waals surface area contributed by atoms with Gasteiger partial charge in [-0.1, -0.05) is 37.6 Å². The van der Waals surface area contributed by atoms with Crippen molar-refractivity contribution in [1.82, 2.24) is 10.2 Å². The molecule has 0 heterocycles. The normalized spacial score (nSPS) is 18.1. The minimum Gasteiger partial charge on any atom is -0.309 e.